The van der Waals surface area contributed by atoms with Gasteiger partial charge in [0.2, 0.25) is 5.89 Å². The first kappa shape index (κ1) is 37.1. The lowest BCUT2D eigenvalue weighted by atomic mass is 9.93. The number of anilines is 2. The molecule has 0 amide bonds. The minimum absolute atomic E-state index is 0.169. The molecule has 2 saturated heterocycles. The van der Waals surface area contributed by atoms with Crippen LogP contribution in [0.1, 0.15) is 59.3 Å². The second kappa shape index (κ2) is 15.3. The third kappa shape index (κ3) is 7.40. The molecule has 3 aromatic carbocycles. The first-order chi connectivity index (χ1) is 27.0. The molecule has 12 nitrogen and oxygen atoms in total. The summed E-state index contributed by atoms with van der Waals surface area (Å²) in [6.07, 6.45) is 0.303. The molecule has 2 aliphatic rings. The molecule has 0 aliphatic carbocycles. The van der Waals surface area contributed by atoms with Gasteiger partial charge in [-0.2, -0.15) is 5.26 Å². The van der Waals surface area contributed by atoms with E-state index in [1.54, 1.807) is 12.3 Å². The van der Waals surface area contributed by atoms with E-state index in [4.69, 9.17) is 9.40 Å². The van der Waals surface area contributed by atoms with Gasteiger partial charge in [0.15, 0.2) is 17.2 Å². The van der Waals surface area contributed by atoms with Crippen LogP contribution in [0.2, 0.25) is 0 Å². The van der Waals surface area contributed by atoms with Crippen LogP contribution in [0.5, 0.6) is 0 Å². The highest BCUT2D eigenvalue weighted by Crippen LogP contribution is 2.38. The molecular formula is C42H40F2N8O4. The van der Waals surface area contributed by atoms with Crippen LogP contribution in [0, 0.1) is 31.1 Å². The molecule has 0 saturated carbocycles. The van der Waals surface area contributed by atoms with Gasteiger partial charge in [-0.15, -0.1) is 0 Å². The lowest BCUT2D eigenvalue weighted by Crippen LogP contribution is -2.35. The van der Waals surface area contributed by atoms with Crippen molar-refractivity contribution in [1.29, 1.82) is 5.26 Å². The lowest BCUT2D eigenvalue weighted by molar-refractivity contribution is -0.143. The number of nitrogens with zero attached hydrogens (tertiary/aromatic N) is 7. The van der Waals surface area contributed by atoms with Gasteiger partial charge in [-0.05, 0) is 110 Å². The summed E-state index contributed by atoms with van der Waals surface area (Å²) in [4.78, 5) is 33.5. The van der Waals surface area contributed by atoms with Crippen LogP contribution < -0.4 is 5.32 Å². The van der Waals surface area contributed by atoms with Crippen molar-refractivity contribution in [2.24, 2.45) is 5.92 Å². The van der Waals surface area contributed by atoms with E-state index < -0.39 is 18.2 Å². The fourth-order valence-electron chi connectivity index (χ4n) is 7.89. The molecule has 286 valence electrons. The summed E-state index contributed by atoms with van der Waals surface area (Å²) in [5, 5.41) is 32.6. The van der Waals surface area contributed by atoms with Crippen molar-refractivity contribution in [1.82, 2.24) is 29.7 Å². The number of nitriles is 1. The standard InChI is InChI=1S/C42H40F2N8O4/c1-23-30(5-3-7-32(23)41-49-35-16-25(15-28(18-45)37(35)56-41)20-51-12-9-27(10-13-51)42(54)55)31-6-4-8-33(24(31)2)47-39-36-34(48-40(50-39)38(43)44)17-26(19-46-36)21-52-14-11-29(53)22-52/h3-8,15-17,19,27,29,38,53H,9-14,20-22H2,1-2H3,(H,54,55)(H,47,48,50)/t29-/m1/s1. The van der Waals surface area contributed by atoms with Gasteiger partial charge in [-0.3, -0.25) is 19.6 Å². The van der Waals surface area contributed by atoms with Crippen molar-refractivity contribution in [3.05, 3.63) is 94.4 Å². The number of fused-ring (bicyclic) bond motifs is 2. The highest BCUT2D eigenvalue weighted by atomic mass is 19.3. The van der Waals surface area contributed by atoms with Crippen molar-refractivity contribution in [3.8, 4) is 28.7 Å². The fraction of sp³-hybridized carbons (Fsp3) is 0.333. The molecule has 0 bridgehead atoms. The zero-order valence-corrected chi connectivity index (χ0v) is 31.0. The van der Waals surface area contributed by atoms with Gasteiger partial charge in [0, 0.05) is 43.6 Å². The molecular weight excluding hydrogens is 719 g/mol. The Balaban J connectivity index is 1.08. The normalized spacial score (nSPS) is 16.9. The van der Waals surface area contributed by atoms with Crippen molar-refractivity contribution in [3.63, 3.8) is 0 Å². The van der Waals surface area contributed by atoms with E-state index in [-0.39, 0.29) is 17.8 Å². The number of halogens is 2. The molecule has 14 heteroatoms. The molecule has 8 rings (SSSR count). The number of alkyl halides is 2. The molecule has 3 N–H and O–H groups in total. The maximum atomic E-state index is 14.1. The average Bonchev–Trinajstić information content (AvgIpc) is 3.81. The second-order valence-corrected chi connectivity index (χ2v) is 14.7. The highest BCUT2D eigenvalue weighted by Gasteiger charge is 2.26. The molecule has 6 aromatic rings. The summed E-state index contributed by atoms with van der Waals surface area (Å²) >= 11 is 0. The largest absolute Gasteiger partial charge is 0.481 e. The monoisotopic (exact) mass is 758 g/mol. The number of hydrogen-bond acceptors (Lipinski definition) is 11. The van der Waals surface area contributed by atoms with Crippen LogP contribution in [0.3, 0.4) is 0 Å². The molecule has 2 aliphatic heterocycles. The Hall–Kier alpha value is -5.88. The zero-order valence-electron chi connectivity index (χ0n) is 31.0. The van der Waals surface area contributed by atoms with Gasteiger partial charge in [-0.25, -0.2) is 23.7 Å². The predicted molar refractivity (Wildman–Crippen MR) is 206 cm³/mol. The van der Waals surface area contributed by atoms with Gasteiger partial charge in [0.05, 0.1) is 23.1 Å². The van der Waals surface area contributed by atoms with Gasteiger partial charge < -0.3 is 19.9 Å². The lowest BCUT2D eigenvalue weighted by Gasteiger charge is -2.30. The predicted octanol–water partition coefficient (Wildman–Crippen LogP) is 7.53. The quantitative estimate of drug-likeness (QED) is 0.126. The van der Waals surface area contributed by atoms with Crippen LogP contribution >= 0.6 is 0 Å². The molecule has 0 radical (unpaired) electrons. The summed E-state index contributed by atoms with van der Waals surface area (Å²) in [5.41, 5.74) is 8.69. The Morgan fingerprint density at radius 1 is 0.929 bits per heavy atom. The number of piperidine rings is 1. The zero-order chi connectivity index (χ0) is 39.1. The molecule has 56 heavy (non-hydrogen) atoms. The van der Waals surface area contributed by atoms with E-state index in [1.807, 2.05) is 62.4 Å². The summed E-state index contributed by atoms with van der Waals surface area (Å²) in [6.45, 7) is 7.65. The van der Waals surface area contributed by atoms with Gasteiger partial charge in [-0.1, -0.05) is 24.3 Å². The third-order valence-electron chi connectivity index (χ3n) is 10.9. The maximum absolute atomic E-state index is 14.1. The molecule has 3 aromatic heterocycles. The third-order valence-corrected chi connectivity index (χ3v) is 10.9. The van der Waals surface area contributed by atoms with E-state index in [0.717, 1.165) is 45.5 Å². The number of nitrogens with one attached hydrogen (secondary N) is 1. The smallest absolute Gasteiger partial charge is 0.306 e. The Bertz CT molecular complexity index is 2510. The number of likely N-dealkylation sites (tertiary alicyclic amines) is 2. The number of carboxylic acids is 1. The van der Waals surface area contributed by atoms with Crippen LogP contribution in [0.4, 0.5) is 20.3 Å². The summed E-state index contributed by atoms with van der Waals surface area (Å²) in [5.74, 6) is -1.13. The van der Waals surface area contributed by atoms with E-state index in [9.17, 15) is 29.1 Å². The maximum Gasteiger partial charge on any atom is 0.306 e. The number of rotatable bonds is 10. The minimum atomic E-state index is -2.89. The minimum Gasteiger partial charge on any atom is -0.481 e. The summed E-state index contributed by atoms with van der Waals surface area (Å²) < 4.78 is 34.4. The van der Waals surface area contributed by atoms with Gasteiger partial charge in [0.25, 0.3) is 6.43 Å². The molecule has 0 unspecified atom stereocenters. The number of aliphatic carboxylic acids is 1. The number of aliphatic hydroxyl groups is 1. The molecule has 5 heterocycles. The highest BCUT2D eigenvalue weighted by molar-refractivity contribution is 5.90. The van der Waals surface area contributed by atoms with E-state index >= 15 is 0 Å². The molecule has 2 fully saturated rings. The van der Waals surface area contributed by atoms with Crippen LogP contribution in [-0.2, 0) is 17.9 Å². The summed E-state index contributed by atoms with van der Waals surface area (Å²) in [6, 6.07) is 19.3. The first-order valence-electron chi connectivity index (χ1n) is 18.7. The number of aromatic nitrogens is 4. The Kier molecular flexibility index (Phi) is 10.1. The number of benzene rings is 3. The Morgan fingerprint density at radius 3 is 2.34 bits per heavy atom. The van der Waals surface area contributed by atoms with Crippen LogP contribution in [-0.4, -0.2) is 78.2 Å². The molecule has 1 atom stereocenters. The van der Waals surface area contributed by atoms with Crippen molar-refractivity contribution >= 4 is 39.6 Å². The van der Waals surface area contributed by atoms with E-state index in [2.05, 4.69) is 36.1 Å². The van der Waals surface area contributed by atoms with E-state index in [1.165, 1.54) is 0 Å². The number of oxazole rings is 1. The number of hydrogen-bond donors (Lipinski definition) is 3. The Labute approximate surface area is 321 Å². The van der Waals surface area contributed by atoms with Gasteiger partial charge >= 0.3 is 5.97 Å². The fourth-order valence-corrected chi connectivity index (χ4v) is 7.89. The van der Waals surface area contributed by atoms with Crippen molar-refractivity contribution < 1.29 is 28.2 Å². The number of β-amino-alcohol motifs (C(OH)–C–C–N with tert-alkyl or cyclic N) is 1. The number of pyridine rings is 1. The molecule has 0 spiro atoms. The summed E-state index contributed by atoms with van der Waals surface area (Å²) in [7, 11) is 0. The number of carboxylic acid groups (broad SMARTS) is 1. The van der Waals surface area contributed by atoms with Crippen LogP contribution in [0.25, 0.3) is 44.7 Å². The topological polar surface area (TPSA) is 165 Å². The number of aliphatic hydroxyl groups excluding tert-OH is 1. The van der Waals surface area contributed by atoms with E-state index in [0.29, 0.717) is 91.3 Å². The number of carbonyl (C=O) groups is 1. The second-order valence-electron chi connectivity index (χ2n) is 14.7. The average molecular weight is 759 g/mol. The van der Waals surface area contributed by atoms with Crippen LogP contribution in [0.15, 0.2) is 65.2 Å². The van der Waals surface area contributed by atoms with Crippen molar-refractivity contribution in [2.45, 2.75) is 58.7 Å². The Morgan fingerprint density at radius 2 is 1.62 bits per heavy atom. The SMILES string of the molecule is Cc1c(Nc2nc(C(F)F)nc3cc(CN4CC[C@@H](O)C4)cnc23)cccc1-c1cccc(-c2nc3cc(CN4CCC(C(=O)O)CC4)cc(C#N)c3o2)c1C. The van der Waals surface area contributed by atoms with Gasteiger partial charge in [0.1, 0.15) is 17.1 Å². The van der Waals surface area contributed by atoms with Crippen molar-refractivity contribution in [2.75, 3.05) is 31.5 Å². The first-order valence-corrected chi connectivity index (χ1v) is 18.7.